The quantitative estimate of drug-likeness (QED) is 0.734. The van der Waals surface area contributed by atoms with Gasteiger partial charge in [-0.3, -0.25) is 9.79 Å². The van der Waals surface area contributed by atoms with Crippen LogP contribution < -0.4 is 15.6 Å². The molecule has 2 aliphatic carbocycles. The van der Waals surface area contributed by atoms with Crippen molar-refractivity contribution >= 4 is 38.4 Å². The minimum atomic E-state index is -0.183. The van der Waals surface area contributed by atoms with E-state index in [0.29, 0.717) is 12.2 Å². The van der Waals surface area contributed by atoms with Crippen LogP contribution in [0, 0.1) is 0 Å². The number of anilines is 1. The van der Waals surface area contributed by atoms with Crippen molar-refractivity contribution in [3.63, 3.8) is 0 Å². The van der Waals surface area contributed by atoms with Gasteiger partial charge >= 0.3 is 5.96 Å². The summed E-state index contributed by atoms with van der Waals surface area (Å²) < 4.78 is 1.17. The lowest BCUT2D eigenvalue weighted by atomic mass is 9.78. The van der Waals surface area contributed by atoms with Crippen LogP contribution in [-0.2, 0) is 4.79 Å². The molecule has 3 aliphatic rings. The van der Waals surface area contributed by atoms with Crippen LogP contribution in [0.5, 0.6) is 0 Å². The van der Waals surface area contributed by atoms with E-state index < -0.39 is 0 Å². The molecule has 0 radical (unpaired) electrons. The van der Waals surface area contributed by atoms with E-state index in [4.69, 9.17) is 0 Å². The van der Waals surface area contributed by atoms with E-state index in [2.05, 4.69) is 26.7 Å². The molecule has 1 saturated carbocycles. The monoisotopic (exact) mass is 353 g/mol. The number of guanidine groups is 1. The van der Waals surface area contributed by atoms with Gasteiger partial charge in [0.1, 0.15) is 5.54 Å². The summed E-state index contributed by atoms with van der Waals surface area (Å²) in [6.45, 7) is 0. The fourth-order valence-corrected chi connectivity index (χ4v) is 5.33. The van der Waals surface area contributed by atoms with Gasteiger partial charge in [0.25, 0.3) is 5.13 Å². The molecule has 5 nitrogen and oxygen atoms in total. The molecule has 0 saturated heterocycles. The Bertz CT molecular complexity index is 887. The number of fused-ring (bicyclic) bond motifs is 2. The first-order valence-electron chi connectivity index (χ1n) is 9.05. The SMILES string of the molecule is O=C1CCCC2=C1C1(CCCC1)[NH+]=C(Nc1nc3ccccc3s1)N2. The van der Waals surface area contributed by atoms with Crippen molar-refractivity contribution in [1.82, 2.24) is 10.3 Å². The number of carbonyl (C=O) groups is 1. The average molecular weight is 353 g/mol. The molecule has 0 bridgehead atoms. The van der Waals surface area contributed by atoms with E-state index in [-0.39, 0.29) is 5.54 Å². The third-order valence-electron chi connectivity index (χ3n) is 5.51. The first-order valence-corrected chi connectivity index (χ1v) is 9.87. The van der Waals surface area contributed by atoms with Crippen LogP contribution in [0.25, 0.3) is 10.2 Å². The summed E-state index contributed by atoms with van der Waals surface area (Å²) in [5.74, 6) is 1.19. The Hall–Kier alpha value is -2.21. The van der Waals surface area contributed by atoms with Gasteiger partial charge in [-0.1, -0.05) is 23.5 Å². The molecule has 1 aromatic heterocycles. The van der Waals surface area contributed by atoms with Crippen molar-refractivity contribution < 1.29 is 9.79 Å². The van der Waals surface area contributed by atoms with Crippen molar-refractivity contribution in [2.24, 2.45) is 0 Å². The van der Waals surface area contributed by atoms with Gasteiger partial charge in [0, 0.05) is 12.8 Å². The molecule has 25 heavy (non-hydrogen) atoms. The summed E-state index contributed by atoms with van der Waals surface area (Å²) in [7, 11) is 0. The zero-order chi connectivity index (χ0) is 16.9. The van der Waals surface area contributed by atoms with Gasteiger partial charge in [0.15, 0.2) is 5.78 Å². The summed E-state index contributed by atoms with van der Waals surface area (Å²) in [6, 6.07) is 8.16. The lowest BCUT2D eigenvalue weighted by Gasteiger charge is -2.34. The molecule has 2 heterocycles. The zero-order valence-electron chi connectivity index (χ0n) is 14.0. The molecule has 5 rings (SSSR count). The minimum Gasteiger partial charge on any atom is -0.294 e. The third-order valence-corrected chi connectivity index (χ3v) is 6.46. The molecule has 6 heteroatoms. The molecular weight excluding hydrogens is 332 g/mol. The summed E-state index contributed by atoms with van der Waals surface area (Å²) >= 11 is 1.65. The second kappa shape index (κ2) is 5.66. The summed E-state index contributed by atoms with van der Waals surface area (Å²) in [5, 5.41) is 7.75. The molecule has 3 N–H and O–H groups in total. The van der Waals surface area contributed by atoms with Crippen LogP contribution in [-0.4, -0.2) is 22.3 Å². The van der Waals surface area contributed by atoms with E-state index in [1.807, 2.05) is 18.2 Å². The zero-order valence-corrected chi connectivity index (χ0v) is 14.8. The van der Waals surface area contributed by atoms with Gasteiger partial charge in [-0.25, -0.2) is 15.6 Å². The Morgan fingerprint density at radius 1 is 1.16 bits per heavy atom. The smallest absolute Gasteiger partial charge is 0.294 e. The molecule has 1 aliphatic heterocycles. The fourth-order valence-electron chi connectivity index (χ4n) is 4.46. The van der Waals surface area contributed by atoms with Crippen LogP contribution in [0.2, 0.25) is 0 Å². The summed E-state index contributed by atoms with van der Waals surface area (Å²) in [6.07, 6.45) is 6.99. The van der Waals surface area contributed by atoms with Crippen LogP contribution >= 0.6 is 11.3 Å². The standard InChI is InChI=1S/C19H20N4OS/c24-14-8-5-7-13-16(14)19(10-3-4-11-19)23-17(20-13)22-18-21-12-6-1-2-9-15(12)25-18/h1-2,6,9H,3-5,7-8,10-11H2,(H2,20,21,22,23)/p+1. The van der Waals surface area contributed by atoms with Gasteiger partial charge < -0.3 is 0 Å². The predicted molar refractivity (Wildman–Crippen MR) is 99.4 cm³/mol. The number of rotatable bonds is 1. The number of hydrogen-bond acceptors (Lipinski definition) is 5. The second-order valence-corrected chi connectivity index (χ2v) is 8.19. The second-order valence-electron chi connectivity index (χ2n) is 7.16. The van der Waals surface area contributed by atoms with Crippen molar-refractivity contribution in [1.29, 1.82) is 0 Å². The number of thiazole rings is 1. The minimum absolute atomic E-state index is 0.183. The lowest BCUT2D eigenvalue weighted by Crippen LogP contribution is -2.92. The fraction of sp³-hybridized carbons (Fsp3) is 0.421. The van der Waals surface area contributed by atoms with E-state index in [1.54, 1.807) is 11.3 Å². The van der Waals surface area contributed by atoms with Crippen molar-refractivity contribution in [2.45, 2.75) is 50.5 Å². The lowest BCUT2D eigenvalue weighted by molar-refractivity contribution is -0.543. The number of nitrogens with one attached hydrogen (secondary N) is 3. The largest absolute Gasteiger partial charge is 0.355 e. The molecule has 128 valence electrons. The molecule has 0 unspecified atom stereocenters. The van der Waals surface area contributed by atoms with Crippen molar-refractivity contribution in [2.75, 3.05) is 5.32 Å². The number of aromatic nitrogens is 1. The topological polar surface area (TPSA) is 68.0 Å². The molecular formula is C19H21N4OS+. The molecule has 1 spiro atoms. The van der Waals surface area contributed by atoms with Crippen LogP contribution in [0.15, 0.2) is 35.5 Å². The summed E-state index contributed by atoms with van der Waals surface area (Å²) in [5.41, 5.74) is 2.96. The molecule has 0 atom stereocenters. The highest BCUT2D eigenvalue weighted by Crippen LogP contribution is 2.38. The first-order chi connectivity index (χ1) is 12.2. The maximum Gasteiger partial charge on any atom is 0.355 e. The van der Waals surface area contributed by atoms with Crippen molar-refractivity contribution in [3.05, 3.63) is 35.5 Å². The number of para-hydroxylation sites is 1. The number of hydrogen-bond donors (Lipinski definition) is 3. The van der Waals surface area contributed by atoms with Crippen molar-refractivity contribution in [3.8, 4) is 0 Å². The molecule has 1 fully saturated rings. The number of nitrogens with zero attached hydrogens (tertiary/aromatic N) is 1. The summed E-state index contributed by atoms with van der Waals surface area (Å²) in [4.78, 5) is 20.9. The van der Waals surface area contributed by atoms with Gasteiger partial charge in [-0.05, 0) is 44.2 Å². The Morgan fingerprint density at radius 3 is 2.84 bits per heavy atom. The number of allylic oxidation sites excluding steroid dienone is 1. The molecule has 1 aromatic carbocycles. The Morgan fingerprint density at radius 2 is 2.00 bits per heavy atom. The molecule has 2 aromatic rings. The highest BCUT2D eigenvalue weighted by Gasteiger charge is 2.48. The normalized spacial score (nSPS) is 22.1. The Balaban J connectivity index is 1.51. The highest BCUT2D eigenvalue weighted by atomic mass is 32.1. The van der Waals surface area contributed by atoms with E-state index in [9.17, 15) is 4.79 Å². The average Bonchev–Trinajstić information content (AvgIpc) is 3.21. The maximum atomic E-state index is 12.6. The van der Waals surface area contributed by atoms with Gasteiger partial charge in [0.2, 0.25) is 0 Å². The number of Topliss-reactive ketones (excluding diaryl/α,β-unsaturated/α-hetero) is 1. The third kappa shape index (κ3) is 2.47. The number of benzene rings is 1. The first kappa shape index (κ1) is 15.1. The van der Waals surface area contributed by atoms with Crippen LogP contribution in [0.1, 0.15) is 44.9 Å². The van der Waals surface area contributed by atoms with Gasteiger partial charge in [-0.15, -0.1) is 0 Å². The number of ketones is 1. The Labute approximate surface area is 150 Å². The maximum absolute atomic E-state index is 12.6. The van der Waals surface area contributed by atoms with Gasteiger partial charge in [0.05, 0.1) is 21.5 Å². The predicted octanol–water partition coefficient (Wildman–Crippen LogP) is 2.07. The van der Waals surface area contributed by atoms with E-state index in [0.717, 1.165) is 53.6 Å². The Kier molecular flexibility index (Phi) is 3.41. The van der Waals surface area contributed by atoms with E-state index in [1.165, 1.54) is 17.5 Å². The van der Waals surface area contributed by atoms with Crippen LogP contribution in [0.4, 0.5) is 5.13 Å². The molecule has 0 amide bonds. The highest BCUT2D eigenvalue weighted by molar-refractivity contribution is 7.22. The van der Waals surface area contributed by atoms with E-state index >= 15 is 0 Å². The van der Waals surface area contributed by atoms with Gasteiger partial charge in [-0.2, -0.15) is 0 Å². The number of carbonyl (C=O) groups excluding carboxylic acids is 1. The van der Waals surface area contributed by atoms with Crippen LogP contribution in [0.3, 0.4) is 0 Å².